The molecule has 2 rings (SSSR count). The van der Waals surface area contributed by atoms with E-state index in [0.717, 1.165) is 12.1 Å². The van der Waals surface area contributed by atoms with Crippen LogP contribution in [0, 0.1) is 6.92 Å². The van der Waals surface area contributed by atoms with Crippen molar-refractivity contribution in [3.63, 3.8) is 0 Å². The van der Waals surface area contributed by atoms with Crippen LogP contribution in [0.25, 0.3) is 0 Å². The SMILES string of the molecule is Cc1ncsc1CCOc1ccc(N)c(OC(C)(C)C)n1. The first-order valence-electron chi connectivity index (χ1n) is 6.82. The monoisotopic (exact) mass is 307 g/mol. The first-order chi connectivity index (χ1) is 9.85. The van der Waals surface area contributed by atoms with Gasteiger partial charge in [-0.2, -0.15) is 4.98 Å². The van der Waals surface area contributed by atoms with E-state index < -0.39 is 0 Å². The predicted octanol–water partition coefficient (Wildman–Crippen LogP) is 3.23. The van der Waals surface area contributed by atoms with Crippen molar-refractivity contribution in [1.82, 2.24) is 9.97 Å². The molecule has 0 amide bonds. The smallest absolute Gasteiger partial charge is 0.241 e. The van der Waals surface area contributed by atoms with Gasteiger partial charge >= 0.3 is 0 Å². The fourth-order valence-corrected chi connectivity index (χ4v) is 2.46. The third-order valence-electron chi connectivity index (χ3n) is 2.69. The zero-order valence-corrected chi connectivity index (χ0v) is 13.7. The molecule has 0 spiro atoms. The normalized spacial score (nSPS) is 11.4. The van der Waals surface area contributed by atoms with Gasteiger partial charge in [-0.3, -0.25) is 0 Å². The molecule has 0 aliphatic rings. The van der Waals surface area contributed by atoms with Gasteiger partial charge in [-0.05, 0) is 33.8 Å². The van der Waals surface area contributed by atoms with Crippen molar-refractivity contribution in [1.29, 1.82) is 0 Å². The Hall–Kier alpha value is -1.82. The number of hydrogen-bond acceptors (Lipinski definition) is 6. The maximum Gasteiger partial charge on any atom is 0.241 e. The minimum absolute atomic E-state index is 0.348. The summed E-state index contributed by atoms with van der Waals surface area (Å²) in [4.78, 5) is 9.77. The molecule has 2 aromatic rings. The molecular weight excluding hydrogens is 286 g/mol. The summed E-state index contributed by atoms with van der Waals surface area (Å²) in [6.07, 6.45) is 0.817. The third kappa shape index (κ3) is 4.60. The van der Waals surface area contributed by atoms with E-state index in [1.807, 2.05) is 33.2 Å². The van der Waals surface area contributed by atoms with Crippen LogP contribution in [-0.4, -0.2) is 22.2 Å². The second kappa shape index (κ2) is 6.30. The highest BCUT2D eigenvalue weighted by Gasteiger charge is 2.15. The summed E-state index contributed by atoms with van der Waals surface area (Å²) in [6, 6.07) is 3.51. The first kappa shape index (κ1) is 15.6. The average Bonchev–Trinajstić information content (AvgIpc) is 2.77. The molecule has 0 aliphatic heterocycles. The van der Waals surface area contributed by atoms with Gasteiger partial charge in [0.1, 0.15) is 5.60 Å². The molecule has 2 aromatic heterocycles. The van der Waals surface area contributed by atoms with Crippen LogP contribution in [0.2, 0.25) is 0 Å². The molecule has 6 heteroatoms. The molecule has 21 heavy (non-hydrogen) atoms. The highest BCUT2D eigenvalue weighted by molar-refractivity contribution is 7.09. The van der Waals surface area contributed by atoms with Crippen molar-refractivity contribution in [2.45, 2.75) is 39.7 Å². The molecule has 2 N–H and O–H groups in total. The largest absolute Gasteiger partial charge is 0.477 e. The van der Waals surface area contributed by atoms with Crippen molar-refractivity contribution >= 4 is 17.0 Å². The molecule has 5 nitrogen and oxygen atoms in total. The van der Waals surface area contributed by atoms with E-state index >= 15 is 0 Å². The number of aromatic nitrogens is 2. The van der Waals surface area contributed by atoms with Gasteiger partial charge in [0.25, 0.3) is 0 Å². The second-order valence-electron chi connectivity index (χ2n) is 5.72. The molecule has 114 valence electrons. The maximum absolute atomic E-state index is 5.87. The highest BCUT2D eigenvalue weighted by atomic mass is 32.1. The van der Waals surface area contributed by atoms with Crippen LogP contribution in [0.5, 0.6) is 11.8 Å². The molecule has 2 heterocycles. The first-order valence-corrected chi connectivity index (χ1v) is 7.70. The van der Waals surface area contributed by atoms with E-state index in [0.29, 0.717) is 24.1 Å². The van der Waals surface area contributed by atoms with Gasteiger partial charge in [0.15, 0.2) is 0 Å². The third-order valence-corrected chi connectivity index (χ3v) is 3.69. The highest BCUT2D eigenvalue weighted by Crippen LogP contribution is 2.26. The maximum atomic E-state index is 5.87. The Balaban J connectivity index is 1.97. The van der Waals surface area contributed by atoms with Gasteiger partial charge in [-0.15, -0.1) is 11.3 Å². The Morgan fingerprint density at radius 1 is 1.29 bits per heavy atom. The van der Waals surface area contributed by atoms with Gasteiger partial charge in [-0.25, -0.2) is 4.98 Å². The average molecular weight is 307 g/mol. The summed E-state index contributed by atoms with van der Waals surface area (Å²) >= 11 is 1.64. The van der Waals surface area contributed by atoms with E-state index in [4.69, 9.17) is 15.2 Å². The number of anilines is 1. The number of thiazole rings is 1. The lowest BCUT2D eigenvalue weighted by Crippen LogP contribution is -2.24. The Labute approximate surface area is 129 Å². The zero-order chi connectivity index (χ0) is 15.5. The molecular formula is C15H21N3O2S. The van der Waals surface area contributed by atoms with Crippen molar-refractivity contribution in [2.24, 2.45) is 0 Å². The van der Waals surface area contributed by atoms with Crippen molar-refractivity contribution in [3.05, 3.63) is 28.2 Å². The number of pyridine rings is 1. The van der Waals surface area contributed by atoms with Gasteiger partial charge in [0.2, 0.25) is 11.8 Å². The summed E-state index contributed by atoms with van der Waals surface area (Å²) in [5.74, 6) is 0.930. The van der Waals surface area contributed by atoms with Gasteiger partial charge in [0, 0.05) is 17.4 Å². The number of aryl methyl sites for hydroxylation is 1. The summed E-state index contributed by atoms with van der Waals surface area (Å²) in [5.41, 5.74) is 8.94. The van der Waals surface area contributed by atoms with E-state index in [1.54, 1.807) is 23.5 Å². The van der Waals surface area contributed by atoms with E-state index in [1.165, 1.54) is 4.88 Å². The molecule has 0 fully saturated rings. The van der Waals surface area contributed by atoms with E-state index in [9.17, 15) is 0 Å². The summed E-state index contributed by atoms with van der Waals surface area (Å²) in [5, 5.41) is 0. The van der Waals surface area contributed by atoms with E-state index in [-0.39, 0.29) is 5.60 Å². The summed E-state index contributed by atoms with van der Waals surface area (Å²) < 4.78 is 11.4. The number of rotatable bonds is 5. The lowest BCUT2D eigenvalue weighted by molar-refractivity contribution is 0.123. The minimum Gasteiger partial charge on any atom is -0.477 e. The van der Waals surface area contributed by atoms with Crippen LogP contribution >= 0.6 is 11.3 Å². The minimum atomic E-state index is -0.348. The Bertz CT molecular complexity index is 605. The molecule has 0 unspecified atom stereocenters. The number of hydrogen-bond donors (Lipinski definition) is 1. The van der Waals surface area contributed by atoms with Gasteiger partial charge in [0.05, 0.1) is 23.5 Å². The standard InChI is InChI=1S/C15H21N3O2S/c1-10-12(21-9-17-10)7-8-19-13-6-5-11(16)14(18-13)20-15(2,3)4/h5-6,9H,7-8,16H2,1-4H3. The lowest BCUT2D eigenvalue weighted by atomic mass is 10.2. The fourth-order valence-electron chi connectivity index (χ4n) is 1.70. The van der Waals surface area contributed by atoms with Crippen LogP contribution in [0.1, 0.15) is 31.3 Å². The van der Waals surface area contributed by atoms with Crippen molar-refractivity contribution in [3.8, 4) is 11.8 Å². The van der Waals surface area contributed by atoms with Crippen LogP contribution < -0.4 is 15.2 Å². The van der Waals surface area contributed by atoms with Crippen LogP contribution in [-0.2, 0) is 6.42 Å². The number of nitrogens with two attached hydrogens (primary N) is 1. The number of nitrogens with zero attached hydrogens (tertiary/aromatic N) is 2. The topological polar surface area (TPSA) is 70.3 Å². The molecule has 0 aliphatic carbocycles. The van der Waals surface area contributed by atoms with Crippen molar-refractivity contribution in [2.75, 3.05) is 12.3 Å². The molecule has 0 saturated heterocycles. The Morgan fingerprint density at radius 2 is 2.05 bits per heavy atom. The predicted molar refractivity (Wildman–Crippen MR) is 85.1 cm³/mol. The van der Waals surface area contributed by atoms with Gasteiger partial charge < -0.3 is 15.2 Å². The van der Waals surface area contributed by atoms with Crippen molar-refractivity contribution < 1.29 is 9.47 Å². The number of nitrogen functional groups attached to an aromatic ring is 1. The summed E-state index contributed by atoms with van der Waals surface area (Å²) in [6.45, 7) is 8.41. The summed E-state index contributed by atoms with van der Waals surface area (Å²) in [7, 11) is 0. The van der Waals surface area contributed by atoms with Crippen LogP contribution in [0.4, 0.5) is 5.69 Å². The fraction of sp³-hybridized carbons (Fsp3) is 0.467. The molecule has 0 bridgehead atoms. The quantitative estimate of drug-likeness (QED) is 0.918. The Morgan fingerprint density at radius 3 is 2.67 bits per heavy atom. The molecule has 0 radical (unpaired) electrons. The van der Waals surface area contributed by atoms with E-state index in [2.05, 4.69) is 9.97 Å². The molecule has 0 atom stereocenters. The Kier molecular flexibility index (Phi) is 4.67. The van der Waals surface area contributed by atoms with Gasteiger partial charge in [-0.1, -0.05) is 0 Å². The van der Waals surface area contributed by atoms with Crippen LogP contribution in [0.3, 0.4) is 0 Å². The molecule has 0 aromatic carbocycles. The van der Waals surface area contributed by atoms with Crippen LogP contribution in [0.15, 0.2) is 17.6 Å². The zero-order valence-electron chi connectivity index (χ0n) is 12.8. The lowest BCUT2D eigenvalue weighted by Gasteiger charge is -2.21. The second-order valence-corrected chi connectivity index (χ2v) is 6.66. The number of ether oxygens (including phenoxy) is 2. The molecule has 0 saturated carbocycles.